The molecule has 0 aliphatic heterocycles. The fourth-order valence-electron chi connectivity index (χ4n) is 3.08. The molecule has 1 amide bonds. The number of methoxy groups -OCH3 is 1. The van der Waals surface area contributed by atoms with Gasteiger partial charge in [0.25, 0.3) is 5.91 Å². The van der Waals surface area contributed by atoms with E-state index in [1.807, 2.05) is 54.6 Å². The molecule has 3 aromatic carbocycles. The number of nitrogens with zero attached hydrogens (tertiary/aromatic N) is 1. The van der Waals surface area contributed by atoms with Crippen LogP contribution in [0.5, 0.6) is 17.2 Å². The highest BCUT2D eigenvalue weighted by atomic mass is 16.5. The molecular weight excluding hydrogens is 376 g/mol. The van der Waals surface area contributed by atoms with E-state index >= 15 is 0 Å². The predicted molar refractivity (Wildman–Crippen MR) is 117 cm³/mol. The molecule has 0 saturated carbocycles. The summed E-state index contributed by atoms with van der Waals surface area (Å²) >= 11 is 0. The Morgan fingerprint density at radius 2 is 1.63 bits per heavy atom. The van der Waals surface area contributed by atoms with Gasteiger partial charge in [-0.05, 0) is 48.0 Å². The maximum Gasteiger partial charge on any atom is 0.255 e. The molecule has 0 bridgehead atoms. The molecule has 0 radical (unpaired) electrons. The van der Waals surface area contributed by atoms with Crippen LogP contribution in [0.4, 0.5) is 5.69 Å². The topological polar surface area (TPSA) is 60.5 Å². The molecule has 5 heteroatoms. The first-order chi connectivity index (χ1) is 14.7. The van der Waals surface area contributed by atoms with Crippen LogP contribution in [0.25, 0.3) is 11.1 Å². The smallest absolute Gasteiger partial charge is 0.255 e. The van der Waals surface area contributed by atoms with Gasteiger partial charge in [-0.2, -0.15) is 0 Å². The summed E-state index contributed by atoms with van der Waals surface area (Å²) in [6, 6.07) is 26.0. The lowest BCUT2D eigenvalue weighted by molar-refractivity contribution is 0.102. The average Bonchev–Trinajstić information content (AvgIpc) is 2.80. The monoisotopic (exact) mass is 396 g/mol. The van der Waals surface area contributed by atoms with Gasteiger partial charge in [-0.3, -0.25) is 9.78 Å². The number of aromatic nitrogens is 1. The van der Waals surface area contributed by atoms with Gasteiger partial charge in [-0.1, -0.05) is 36.4 Å². The van der Waals surface area contributed by atoms with Crippen molar-refractivity contribution < 1.29 is 14.3 Å². The van der Waals surface area contributed by atoms with Crippen LogP contribution < -0.4 is 14.8 Å². The second-order valence-corrected chi connectivity index (χ2v) is 6.55. The highest BCUT2D eigenvalue weighted by Gasteiger charge is 2.12. The summed E-state index contributed by atoms with van der Waals surface area (Å²) in [4.78, 5) is 16.8. The zero-order valence-corrected chi connectivity index (χ0v) is 16.4. The molecule has 0 atom stereocenters. The van der Waals surface area contributed by atoms with Crippen molar-refractivity contribution in [3.05, 3.63) is 103 Å². The molecule has 0 fully saturated rings. The molecule has 0 spiro atoms. The minimum absolute atomic E-state index is 0.212. The number of amides is 1. The van der Waals surface area contributed by atoms with E-state index in [4.69, 9.17) is 9.47 Å². The van der Waals surface area contributed by atoms with Crippen LogP contribution in [0.15, 0.2) is 97.3 Å². The van der Waals surface area contributed by atoms with E-state index in [1.54, 1.807) is 49.8 Å². The highest BCUT2D eigenvalue weighted by molar-refractivity contribution is 6.05. The Bertz CT molecular complexity index is 1150. The average molecular weight is 396 g/mol. The van der Waals surface area contributed by atoms with Gasteiger partial charge in [0.15, 0.2) is 0 Å². The molecular formula is C25H20N2O3. The summed E-state index contributed by atoms with van der Waals surface area (Å²) in [5, 5.41) is 2.93. The van der Waals surface area contributed by atoms with E-state index < -0.39 is 0 Å². The number of carbonyl (C=O) groups is 1. The second-order valence-electron chi connectivity index (χ2n) is 6.55. The standard InChI is InChI=1S/C25H20N2O3/c1-29-24-11-10-19(16-23(24)18-6-3-2-4-7-18)25(28)27-20-8-5-9-22(17-20)30-21-12-14-26-15-13-21/h2-17H,1H3,(H,27,28). The number of hydrogen-bond donors (Lipinski definition) is 1. The van der Waals surface area contributed by atoms with Crippen molar-refractivity contribution in [1.82, 2.24) is 4.98 Å². The number of benzene rings is 3. The molecule has 30 heavy (non-hydrogen) atoms. The van der Waals surface area contributed by atoms with Crippen molar-refractivity contribution in [3.63, 3.8) is 0 Å². The molecule has 1 heterocycles. The SMILES string of the molecule is COc1ccc(C(=O)Nc2cccc(Oc3ccncc3)c2)cc1-c1ccccc1. The second kappa shape index (κ2) is 8.92. The first kappa shape index (κ1) is 19.2. The van der Waals surface area contributed by atoms with Crippen LogP contribution >= 0.6 is 0 Å². The Labute approximate surface area is 174 Å². The fraction of sp³-hybridized carbons (Fsp3) is 0.0400. The number of ether oxygens (including phenoxy) is 2. The zero-order valence-electron chi connectivity index (χ0n) is 16.4. The quantitative estimate of drug-likeness (QED) is 0.447. The van der Waals surface area contributed by atoms with Crippen molar-refractivity contribution in [2.75, 3.05) is 12.4 Å². The van der Waals surface area contributed by atoms with Crippen molar-refractivity contribution >= 4 is 11.6 Å². The first-order valence-corrected chi connectivity index (χ1v) is 9.46. The Kier molecular flexibility index (Phi) is 5.71. The number of pyridine rings is 1. The molecule has 4 rings (SSSR count). The Balaban J connectivity index is 1.55. The van der Waals surface area contributed by atoms with Gasteiger partial charge >= 0.3 is 0 Å². The summed E-state index contributed by atoms with van der Waals surface area (Å²) in [6.45, 7) is 0. The maximum atomic E-state index is 12.9. The lowest BCUT2D eigenvalue weighted by atomic mass is 10.0. The van der Waals surface area contributed by atoms with Gasteiger partial charge in [-0.15, -0.1) is 0 Å². The molecule has 5 nitrogen and oxygen atoms in total. The van der Waals surface area contributed by atoms with Crippen molar-refractivity contribution in [2.45, 2.75) is 0 Å². The van der Waals surface area contributed by atoms with Crippen molar-refractivity contribution in [3.8, 4) is 28.4 Å². The lowest BCUT2D eigenvalue weighted by Gasteiger charge is -2.12. The Hall–Kier alpha value is -4.12. The van der Waals surface area contributed by atoms with Gasteiger partial charge < -0.3 is 14.8 Å². The number of nitrogens with one attached hydrogen (secondary N) is 1. The molecule has 148 valence electrons. The minimum atomic E-state index is -0.212. The van der Waals surface area contributed by atoms with Crippen LogP contribution in [0.1, 0.15) is 10.4 Å². The zero-order chi connectivity index (χ0) is 20.8. The Morgan fingerprint density at radius 1 is 0.833 bits per heavy atom. The first-order valence-electron chi connectivity index (χ1n) is 9.46. The Morgan fingerprint density at radius 3 is 2.40 bits per heavy atom. The maximum absolute atomic E-state index is 12.9. The molecule has 0 aliphatic rings. The van der Waals surface area contributed by atoms with Crippen LogP contribution in [0.2, 0.25) is 0 Å². The molecule has 1 N–H and O–H groups in total. The summed E-state index contributed by atoms with van der Waals surface area (Å²) in [6.07, 6.45) is 3.32. The van der Waals surface area contributed by atoms with E-state index in [0.717, 1.165) is 11.1 Å². The van der Waals surface area contributed by atoms with Crippen LogP contribution in [0, 0.1) is 0 Å². The van der Waals surface area contributed by atoms with Crippen molar-refractivity contribution in [2.24, 2.45) is 0 Å². The number of rotatable bonds is 6. The van der Waals surface area contributed by atoms with E-state index in [-0.39, 0.29) is 5.91 Å². The normalized spacial score (nSPS) is 10.3. The molecule has 0 aliphatic carbocycles. The number of carbonyl (C=O) groups excluding carboxylic acids is 1. The van der Waals surface area contributed by atoms with Crippen LogP contribution in [-0.2, 0) is 0 Å². The summed E-state index contributed by atoms with van der Waals surface area (Å²) in [7, 11) is 1.62. The largest absolute Gasteiger partial charge is 0.496 e. The minimum Gasteiger partial charge on any atom is -0.496 e. The predicted octanol–water partition coefficient (Wildman–Crippen LogP) is 5.80. The number of anilines is 1. The van der Waals surface area contributed by atoms with Gasteiger partial charge in [0, 0.05) is 35.3 Å². The van der Waals surface area contributed by atoms with E-state index in [1.165, 1.54) is 0 Å². The summed E-state index contributed by atoms with van der Waals surface area (Å²) in [5.41, 5.74) is 3.02. The lowest BCUT2D eigenvalue weighted by Crippen LogP contribution is -2.12. The van der Waals surface area contributed by atoms with Gasteiger partial charge in [-0.25, -0.2) is 0 Å². The third kappa shape index (κ3) is 4.47. The number of hydrogen-bond acceptors (Lipinski definition) is 4. The van der Waals surface area contributed by atoms with Gasteiger partial charge in [0.05, 0.1) is 7.11 Å². The third-order valence-electron chi connectivity index (χ3n) is 4.52. The highest BCUT2D eigenvalue weighted by Crippen LogP contribution is 2.31. The van der Waals surface area contributed by atoms with E-state index in [2.05, 4.69) is 10.3 Å². The van der Waals surface area contributed by atoms with Gasteiger partial charge in [0.1, 0.15) is 17.2 Å². The van der Waals surface area contributed by atoms with Crippen molar-refractivity contribution in [1.29, 1.82) is 0 Å². The van der Waals surface area contributed by atoms with E-state index in [0.29, 0.717) is 28.5 Å². The molecule has 4 aromatic rings. The third-order valence-corrected chi connectivity index (χ3v) is 4.52. The molecule has 1 aromatic heterocycles. The summed E-state index contributed by atoms with van der Waals surface area (Å²) in [5.74, 6) is 1.80. The van der Waals surface area contributed by atoms with Crippen LogP contribution in [-0.4, -0.2) is 18.0 Å². The van der Waals surface area contributed by atoms with E-state index in [9.17, 15) is 4.79 Å². The summed E-state index contributed by atoms with van der Waals surface area (Å²) < 4.78 is 11.3. The molecule has 0 saturated heterocycles. The van der Waals surface area contributed by atoms with Gasteiger partial charge in [0.2, 0.25) is 0 Å². The molecule has 0 unspecified atom stereocenters. The van der Waals surface area contributed by atoms with Crippen LogP contribution in [0.3, 0.4) is 0 Å². The fourth-order valence-corrected chi connectivity index (χ4v) is 3.08.